The summed E-state index contributed by atoms with van der Waals surface area (Å²) in [5.41, 5.74) is 2.30. The lowest BCUT2D eigenvalue weighted by molar-refractivity contribution is -0.141. The van der Waals surface area contributed by atoms with Gasteiger partial charge >= 0.3 is 5.97 Å². The van der Waals surface area contributed by atoms with Crippen molar-refractivity contribution in [2.45, 2.75) is 17.7 Å². The average Bonchev–Trinajstić information content (AvgIpc) is 2.72. The zero-order valence-electron chi connectivity index (χ0n) is 15.9. The van der Waals surface area contributed by atoms with Gasteiger partial charge in [0.2, 0.25) is 0 Å². The summed E-state index contributed by atoms with van der Waals surface area (Å²) in [6.45, 7) is 1.10. The number of carboxylic acid groups (broad SMARTS) is 1. The molecule has 0 spiro atoms. The average molecular weight is 411 g/mol. The van der Waals surface area contributed by atoms with Crippen molar-refractivity contribution < 1.29 is 18.3 Å². The highest BCUT2D eigenvalue weighted by Gasteiger charge is 2.27. The Morgan fingerprint density at radius 1 is 1.17 bits per heavy atom. The SMILES string of the molecule is CS(=O)(=O)c1cccc(-c2cccc3ncnc(N4CCCC(C(=O)O)C4)c23)c1. The summed E-state index contributed by atoms with van der Waals surface area (Å²) in [6.07, 6.45) is 4.09. The molecule has 0 amide bonds. The molecule has 1 saturated heterocycles. The van der Waals surface area contributed by atoms with Gasteiger partial charge in [-0.25, -0.2) is 18.4 Å². The predicted molar refractivity (Wildman–Crippen MR) is 111 cm³/mol. The maximum absolute atomic E-state index is 12.0. The Morgan fingerprint density at radius 2 is 1.97 bits per heavy atom. The fraction of sp³-hybridized carbons (Fsp3) is 0.286. The Morgan fingerprint density at radius 3 is 2.72 bits per heavy atom. The minimum atomic E-state index is -3.34. The van der Waals surface area contributed by atoms with E-state index in [1.165, 1.54) is 12.6 Å². The van der Waals surface area contributed by atoms with Crippen molar-refractivity contribution in [1.82, 2.24) is 9.97 Å². The van der Waals surface area contributed by atoms with E-state index in [-0.39, 0.29) is 4.90 Å². The van der Waals surface area contributed by atoms with Crippen LogP contribution in [0.25, 0.3) is 22.0 Å². The summed E-state index contributed by atoms with van der Waals surface area (Å²) < 4.78 is 24.0. The van der Waals surface area contributed by atoms with E-state index in [2.05, 4.69) is 9.97 Å². The van der Waals surface area contributed by atoms with Crippen molar-refractivity contribution >= 4 is 32.5 Å². The Labute approximate surface area is 168 Å². The molecular formula is C21H21N3O4S. The van der Waals surface area contributed by atoms with E-state index in [9.17, 15) is 18.3 Å². The topological polar surface area (TPSA) is 100 Å². The molecule has 0 radical (unpaired) electrons. The molecule has 3 aromatic rings. The van der Waals surface area contributed by atoms with Gasteiger partial charge in [-0.1, -0.05) is 24.3 Å². The van der Waals surface area contributed by atoms with Gasteiger partial charge in [-0.05, 0) is 42.2 Å². The number of aromatic nitrogens is 2. The molecule has 2 heterocycles. The van der Waals surface area contributed by atoms with Gasteiger partial charge in [0.05, 0.1) is 21.7 Å². The highest BCUT2D eigenvalue weighted by atomic mass is 32.2. The minimum Gasteiger partial charge on any atom is -0.481 e. The molecule has 4 rings (SSSR count). The molecule has 7 nitrogen and oxygen atoms in total. The van der Waals surface area contributed by atoms with Crippen LogP contribution in [0.4, 0.5) is 5.82 Å². The number of carboxylic acids is 1. The third kappa shape index (κ3) is 3.80. The monoisotopic (exact) mass is 411 g/mol. The number of sulfone groups is 1. The van der Waals surface area contributed by atoms with E-state index in [1.54, 1.807) is 18.2 Å². The van der Waals surface area contributed by atoms with Crippen LogP contribution in [-0.4, -0.2) is 48.8 Å². The summed E-state index contributed by atoms with van der Waals surface area (Å²) in [5.74, 6) is -0.551. The van der Waals surface area contributed by atoms with E-state index in [4.69, 9.17) is 0 Å². The number of aliphatic carboxylic acids is 1. The summed E-state index contributed by atoms with van der Waals surface area (Å²) in [6, 6.07) is 12.5. The number of fused-ring (bicyclic) bond motifs is 1. The van der Waals surface area contributed by atoms with E-state index >= 15 is 0 Å². The summed E-state index contributed by atoms with van der Waals surface area (Å²) in [5, 5.41) is 10.2. The molecule has 1 aliphatic heterocycles. The van der Waals surface area contributed by atoms with Crippen molar-refractivity contribution in [2.75, 3.05) is 24.2 Å². The number of piperidine rings is 1. The lowest BCUT2D eigenvalue weighted by Crippen LogP contribution is -2.39. The largest absolute Gasteiger partial charge is 0.481 e. The van der Waals surface area contributed by atoms with Gasteiger partial charge in [-0.15, -0.1) is 0 Å². The van der Waals surface area contributed by atoms with Crippen LogP contribution < -0.4 is 4.90 Å². The molecule has 1 fully saturated rings. The van der Waals surface area contributed by atoms with Crippen LogP contribution in [0.1, 0.15) is 12.8 Å². The molecule has 1 N–H and O–H groups in total. The normalized spacial score (nSPS) is 17.4. The Hall–Kier alpha value is -3.00. The smallest absolute Gasteiger partial charge is 0.308 e. The third-order valence-electron chi connectivity index (χ3n) is 5.29. The third-order valence-corrected chi connectivity index (χ3v) is 6.40. The second-order valence-electron chi connectivity index (χ2n) is 7.32. The van der Waals surface area contributed by atoms with Crippen LogP contribution in [-0.2, 0) is 14.6 Å². The number of hydrogen-bond donors (Lipinski definition) is 1. The summed E-state index contributed by atoms with van der Waals surface area (Å²) >= 11 is 0. The number of rotatable bonds is 4. The van der Waals surface area contributed by atoms with Crippen LogP contribution >= 0.6 is 0 Å². The van der Waals surface area contributed by atoms with Gasteiger partial charge in [0, 0.05) is 19.3 Å². The number of benzene rings is 2. The predicted octanol–water partition coefficient (Wildman–Crippen LogP) is 3.00. The van der Waals surface area contributed by atoms with Crippen LogP contribution in [0.3, 0.4) is 0 Å². The second kappa shape index (κ2) is 7.44. The van der Waals surface area contributed by atoms with Crippen molar-refractivity contribution in [3.05, 3.63) is 48.8 Å². The van der Waals surface area contributed by atoms with Crippen molar-refractivity contribution in [1.29, 1.82) is 0 Å². The molecule has 29 heavy (non-hydrogen) atoms. The Balaban J connectivity index is 1.88. The maximum atomic E-state index is 12.0. The van der Waals surface area contributed by atoms with E-state index in [0.717, 1.165) is 28.5 Å². The molecular weight excluding hydrogens is 390 g/mol. The fourth-order valence-corrected chi connectivity index (χ4v) is 4.51. The van der Waals surface area contributed by atoms with Gasteiger partial charge in [0.25, 0.3) is 0 Å². The van der Waals surface area contributed by atoms with Crippen LogP contribution in [0.2, 0.25) is 0 Å². The second-order valence-corrected chi connectivity index (χ2v) is 9.34. The quantitative estimate of drug-likeness (QED) is 0.704. The van der Waals surface area contributed by atoms with Gasteiger partial charge < -0.3 is 10.0 Å². The first-order chi connectivity index (χ1) is 13.8. The number of hydrogen-bond acceptors (Lipinski definition) is 6. The zero-order chi connectivity index (χ0) is 20.6. The lowest BCUT2D eigenvalue weighted by atomic mass is 9.96. The van der Waals surface area contributed by atoms with E-state index in [1.807, 2.05) is 29.2 Å². The molecule has 1 atom stereocenters. The van der Waals surface area contributed by atoms with Crippen molar-refractivity contribution in [3.8, 4) is 11.1 Å². The first-order valence-corrected chi connectivity index (χ1v) is 11.3. The van der Waals surface area contributed by atoms with Crippen LogP contribution in [0.5, 0.6) is 0 Å². The lowest BCUT2D eigenvalue weighted by Gasteiger charge is -2.32. The highest BCUT2D eigenvalue weighted by Crippen LogP contribution is 2.35. The molecule has 1 aromatic heterocycles. The van der Waals surface area contributed by atoms with E-state index < -0.39 is 21.7 Å². The molecule has 1 unspecified atom stereocenters. The summed E-state index contributed by atoms with van der Waals surface area (Å²) in [7, 11) is -3.34. The Bertz CT molecular complexity index is 1190. The number of anilines is 1. The van der Waals surface area contributed by atoms with Gasteiger partial charge in [-0.2, -0.15) is 0 Å². The van der Waals surface area contributed by atoms with Crippen molar-refractivity contribution in [3.63, 3.8) is 0 Å². The molecule has 1 aliphatic rings. The molecule has 0 bridgehead atoms. The molecule has 150 valence electrons. The first kappa shape index (κ1) is 19.3. The first-order valence-electron chi connectivity index (χ1n) is 9.36. The Kier molecular flexibility index (Phi) is 4.96. The molecule has 0 saturated carbocycles. The maximum Gasteiger partial charge on any atom is 0.308 e. The number of carbonyl (C=O) groups is 1. The zero-order valence-corrected chi connectivity index (χ0v) is 16.8. The van der Waals surface area contributed by atoms with Crippen LogP contribution in [0, 0.1) is 5.92 Å². The molecule has 2 aromatic carbocycles. The van der Waals surface area contributed by atoms with Gasteiger partial charge in [-0.3, -0.25) is 4.79 Å². The summed E-state index contributed by atoms with van der Waals surface area (Å²) in [4.78, 5) is 22.6. The highest BCUT2D eigenvalue weighted by molar-refractivity contribution is 7.90. The standard InChI is InChI=1S/C21H21N3O4S/c1-29(27,28)16-7-2-5-14(11-16)17-8-3-9-18-19(17)20(23-13-22-18)24-10-4-6-15(12-24)21(25)26/h2-3,5,7-9,11,13,15H,4,6,10,12H2,1H3,(H,25,26). The van der Waals surface area contributed by atoms with Gasteiger partial charge in [0.1, 0.15) is 12.1 Å². The minimum absolute atomic E-state index is 0.245. The van der Waals surface area contributed by atoms with Gasteiger partial charge in [0.15, 0.2) is 9.84 Å². The molecule has 8 heteroatoms. The van der Waals surface area contributed by atoms with E-state index in [0.29, 0.717) is 25.3 Å². The van der Waals surface area contributed by atoms with Crippen LogP contribution in [0.15, 0.2) is 53.7 Å². The number of nitrogens with zero attached hydrogens (tertiary/aromatic N) is 3. The van der Waals surface area contributed by atoms with Crippen molar-refractivity contribution in [2.24, 2.45) is 5.92 Å². The molecule has 0 aliphatic carbocycles. The fourth-order valence-electron chi connectivity index (χ4n) is 3.84.